The van der Waals surface area contributed by atoms with Crippen LogP contribution in [0.2, 0.25) is 0 Å². The summed E-state index contributed by atoms with van der Waals surface area (Å²) in [5.74, 6) is 0.357. The molecule has 1 unspecified atom stereocenters. The Morgan fingerprint density at radius 3 is 2.85 bits per heavy atom. The van der Waals surface area contributed by atoms with Gasteiger partial charge in [0.05, 0.1) is 0 Å². The van der Waals surface area contributed by atoms with Crippen molar-refractivity contribution in [2.24, 2.45) is 0 Å². The Hall–Kier alpha value is -1.13. The average molecular weight is 197 g/mol. The third-order valence-electron chi connectivity index (χ3n) is 1.49. The van der Waals surface area contributed by atoms with Crippen LogP contribution in [0.5, 0.6) is 5.75 Å². The Morgan fingerprint density at radius 1 is 1.54 bits per heavy atom. The number of para-hydroxylation sites is 1. The van der Waals surface area contributed by atoms with E-state index in [-0.39, 0.29) is 0 Å². The number of rotatable bonds is 4. The van der Waals surface area contributed by atoms with Gasteiger partial charge in [0.1, 0.15) is 17.1 Å². The Labute approximate surface area is 79.5 Å². The van der Waals surface area contributed by atoms with E-state index >= 15 is 0 Å². The van der Waals surface area contributed by atoms with E-state index in [1.807, 2.05) is 6.07 Å². The molecule has 0 aliphatic carbocycles. The Morgan fingerprint density at radius 2 is 2.23 bits per heavy atom. The van der Waals surface area contributed by atoms with Gasteiger partial charge in [-0.3, -0.25) is 0 Å². The van der Waals surface area contributed by atoms with Crippen LogP contribution in [0.1, 0.15) is 5.56 Å². The van der Waals surface area contributed by atoms with Crippen molar-refractivity contribution < 1.29 is 12.9 Å². The quantitative estimate of drug-likeness (QED) is 0.544. The molecule has 0 saturated heterocycles. The SMILES string of the molecule is C=CCc1ccccc1OS(=O)[O-]. The number of hydrogen-bond donors (Lipinski definition) is 0. The van der Waals surface area contributed by atoms with Gasteiger partial charge in [-0.1, -0.05) is 24.3 Å². The molecule has 0 heterocycles. The highest BCUT2D eigenvalue weighted by Crippen LogP contribution is 2.19. The van der Waals surface area contributed by atoms with Gasteiger partial charge in [-0.25, -0.2) is 4.21 Å². The molecule has 3 nitrogen and oxygen atoms in total. The molecule has 4 heteroatoms. The van der Waals surface area contributed by atoms with E-state index in [1.54, 1.807) is 24.3 Å². The summed E-state index contributed by atoms with van der Waals surface area (Å²) in [5, 5.41) is 0. The lowest BCUT2D eigenvalue weighted by atomic mass is 10.1. The minimum atomic E-state index is -2.51. The summed E-state index contributed by atoms with van der Waals surface area (Å²) in [7, 11) is 0. The maximum atomic E-state index is 10.3. The number of allylic oxidation sites excluding steroid dienone is 1. The Balaban J connectivity index is 2.90. The second-order valence-corrected chi connectivity index (χ2v) is 2.96. The van der Waals surface area contributed by atoms with Gasteiger partial charge < -0.3 is 8.74 Å². The zero-order valence-corrected chi connectivity index (χ0v) is 7.75. The highest BCUT2D eigenvalue weighted by molar-refractivity contribution is 7.74. The monoisotopic (exact) mass is 197 g/mol. The molecule has 0 radical (unpaired) electrons. The van der Waals surface area contributed by atoms with Crippen LogP contribution in [0.25, 0.3) is 0 Å². The molecule has 1 rings (SSSR count). The molecule has 13 heavy (non-hydrogen) atoms. The third-order valence-corrected chi connectivity index (χ3v) is 1.81. The molecule has 0 N–H and O–H groups in total. The first-order valence-corrected chi connectivity index (χ1v) is 4.70. The minimum absolute atomic E-state index is 0.357. The smallest absolute Gasteiger partial charge is 0.142 e. The van der Waals surface area contributed by atoms with E-state index in [4.69, 9.17) is 0 Å². The molecular formula is C9H9O3S-. The van der Waals surface area contributed by atoms with Gasteiger partial charge in [0.2, 0.25) is 0 Å². The van der Waals surface area contributed by atoms with Crippen LogP contribution in [0, 0.1) is 0 Å². The van der Waals surface area contributed by atoms with Crippen molar-refractivity contribution >= 4 is 11.4 Å². The zero-order chi connectivity index (χ0) is 9.68. The minimum Gasteiger partial charge on any atom is -0.740 e. The maximum absolute atomic E-state index is 10.3. The molecule has 0 aliphatic rings. The normalized spacial score (nSPS) is 12.1. The van der Waals surface area contributed by atoms with Crippen molar-refractivity contribution in [1.82, 2.24) is 0 Å². The Kier molecular flexibility index (Phi) is 3.67. The lowest BCUT2D eigenvalue weighted by molar-refractivity contribution is 0.438. The molecule has 0 saturated carbocycles. The first-order valence-electron chi connectivity index (χ1n) is 3.70. The first kappa shape index (κ1) is 9.95. The van der Waals surface area contributed by atoms with Gasteiger partial charge in [0.25, 0.3) is 0 Å². The topological polar surface area (TPSA) is 49.4 Å². The predicted molar refractivity (Wildman–Crippen MR) is 49.9 cm³/mol. The van der Waals surface area contributed by atoms with Crippen molar-refractivity contribution in [1.29, 1.82) is 0 Å². The van der Waals surface area contributed by atoms with E-state index in [1.165, 1.54) is 0 Å². The second-order valence-electron chi connectivity index (χ2n) is 2.39. The van der Waals surface area contributed by atoms with Crippen LogP contribution in [0.15, 0.2) is 36.9 Å². The summed E-state index contributed by atoms with van der Waals surface area (Å²) < 4.78 is 25.1. The number of benzene rings is 1. The van der Waals surface area contributed by atoms with Crippen LogP contribution in [-0.4, -0.2) is 8.76 Å². The highest BCUT2D eigenvalue weighted by atomic mass is 32.2. The van der Waals surface area contributed by atoms with Gasteiger partial charge in [0, 0.05) is 0 Å². The van der Waals surface area contributed by atoms with Gasteiger partial charge in [0.15, 0.2) is 0 Å². The first-order chi connectivity index (χ1) is 6.24. The largest absolute Gasteiger partial charge is 0.740 e. The summed E-state index contributed by atoms with van der Waals surface area (Å²) >= 11 is -2.51. The summed E-state index contributed by atoms with van der Waals surface area (Å²) in [4.78, 5) is 0. The lowest BCUT2D eigenvalue weighted by Crippen LogP contribution is -2.00. The fourth-order valence-corrected chi connectivity index (χ4v) is 1.29. The molecular weight excluding hydrogens is 188 g/mol. The van der Waals surface area contributed by atoms with E-state index in [0.717, 1.165) is 5.56 Å². The maximum Gasteiger partial charge on any atom is 0.142 e. The molecule has 1 aromatic carbocycles. The molecule has 0 amide bonds. The molecule has 0 aromatic heterocycles. The zero-order valence-electron chi connectivity index (χ0n) is 6.93. The average Bonchev–Trinajstić information content (AvgIpc) is 2.08. The molecule has 0 fully saturated rings. The van der Waals surface area contributed by atoms with Crippen molar-refractivity contribution in [2.75, 3.05) is 0 Å². The number of hydrogen-bond acceptors (Lipinski definition) is 3. The molecule has 0 aliphatic heterocycles. The fourth-order valence-electron chi connectivity index (χ4n) is 0.983. The standard InChI is InChI=1S/C9H10O3S/c1-2-5-8-6-3-4-7-9(8)12-13(10)11/h2-4,6-7H,1,5H2,(H,10,11)/p-1. The van der Waals surface area contributed by atoms with E-state index < -0.39 is 11.4 Å². The van der Waals surface area contributed by atoms with Crippen LogP contribution >= 0.6 is 0 Å². The van der Waals surface area contributed by atoms with Crippen LogP contribution in [-0.2, 0) is 17.8 Å². The molecule has 0 spiro atoms. The van der Waals surface area contributed by atoms with Gasteiger partial charge >= 0.3 is 0 Å². The second kappa shape index (κ2) is 4.79. The molecule has 0 bridgehead atoms. The van der Waals surface area contributed by atoms with Gasteiger partial charge in [-0.05, 0) is 18.1 Å². The molecule has 70 valence electrons. The summed E-state index contributed by atoms with van der Waals surface area (Å²) in [6.45, 7) is 3.57. The highest BCUT2D eigenvalue weighted by Gasteiger charge is 2.00. The van der Waals surface area contributed by atoms with Crippen molar-refractivity contribution in [3.63, 3.8) is 0 Å². The Bertz CT molecular complexity index is 322. The van der Waals surface area contributed by atoms with Crippen LogP contribution in [0.4, 0.5) is 0 Å². The van der Waals surface area contributed by atoms with Crippen LogP contribution < -0.4 is 4.18 Å². The van der Waals surface area contributed by atoms with Crippen molar-refractivity contribution in [3.05, 3.63) is 42.5 Å². The van der Waals surface area contributed by atoms with Crippen molar-refractivity contribution in [3.8, 4) is 5.75 Å². The third kappa shape index (κ3) is 3.01. The molecule has 1 atom stereocenters. The van der Waals surface area contributed by atoms with Gasteiger partial charge in [-0.2, -0.15) is 0 Å². The molecule has 1 aromatic rings. The fraction of sp³-hybridized carbons (Fsp3) is 0.111. The van der Waals surface area contributed by atoms with E-state index in [0.29, 0.717) is 12.2 Å². The summed E-state index contributed by atoms with van der Waals surface area (Å²) in [6.07, 6.45) is 2.28. The van der Waals surface area contributed by atoms with E-state index in [2.05, 4.69) is 10.8 Å². The predicted octanol–water partition coefficient (Wildman–Crippen LogP) is 1.59. The van der Waals surface area contributed by atoms with E-state index in [9.17, 15) is 8.76 Å². The lowest BCUT2D eigenvalue weighted by Gasteiger charge is -2.10. The van der Waals surface area contributed by atoms with Crippen LogP contribution in [0.3, 0.4) is 0 Å². The van der Waals surface area contributed by atoms with Gasteiger partial charge in [-0.15, -0.1) is 6.58 Å². The van der Waals surface area contributed by atoms with Crippen molar-refractivity contribution in [2.45, 2.75) is 6.42 Å². The summed E-state index contributed by atoms with van der Waals surface area (Å²) in [6, 6.07) is 6.94. The summed E-state index contributed by atoms with van der Waals surface area (Å²) in [5.41, 5.74) is 0.807.